The van der Waals surface area contributed by atoms with Crippen LogP contribution < -0.4 is 10.3 Å². The van der Waals surface area contributed by atoms with Gasteiger partial charge in [-0.1, -0.05) is 18.2 Å². The van der Waals surface area contributed by atoms with Crippen LogP contribution in [0.4, 0.5) is 0 Å². The molecule has 4 aromatic rings. The van der Waals surface area contributed by atoms with Crippen LogP contribution in [0.15, 0.2) is 53.6 Å². The van der Waals surface area contributed by atoms with Gasteiger partial charge in [0, 0.05) is 17.8 Å². The topological polar surface area (TPSA) is 74.3 Å². The van der Waals surface area contributed by atoms with Gasteiger partial charge in [-0.2, -0.15) is 5.10 Å². The summed E-state index contributed by atoms with van der Waals surface area (Å²) in [6.45, 7) is 0.400. The summed E-state index contributed by atoms with van der Waals surface area (Å²) >= 11 is 0. The van der Waals surface area contributed by atoms with E-state index in [-0.39, 0.29) is 5.56 Å². The maximum absolute atomic E-state index is 12.7. The first-order chi connectivity index (χ1) is 11.3. The summed E-state index contributed by atoms with van der Waals surface area (Å²) in [4.78, 5) is 12.7. The Balaban J connectivity index is 1.87. The summed E-state index contributed by atoms with van der Waals surface area (Å²) in [6, 6.07) is 11.2. The fourth-order valence-corrected chi connectivity index (χ4v) is 2.62. The Labute approximate surface area is 130 Å². The second-order valence-corrected chi connectivity index (χ2v) is 5.10. The first kappa shape index (κ1) is 13.4. The largest absolute Gasteiger partial charge is 0.496 e. The summed E-state index contributed by atoms with van der Waals surface area (Å²) in [5.41, 5.74) is 2.25. The van der Waals surface area contributed by atoms with E-state index >= 15 is 0 Å². The minimum atomic E-state index is -0.210. The highest BCUT2D eigenvalue weighted by Gasteiger charge is 2.11. The van der Waals surface area contributed by atoms with Crippen molar-refractivity contribution in [2.24, 2.45) is 0 Å². The minimum absolute atomic E-state index is 0.210. The Morgan fingerprint density at radius 3 is 2.87 bits per heavy atom. The van der Waals surface area contributed by atoms with Crippen LogP contribution in [0.1, 0.15) is 5.56 Å². The van der Waals surface area contributed by atoms with Gasteiger partial charge in [0.05, 0.1) is 19.9 Å². The van der Waals surface area contributed by atoms with E-state index in [9.17, 15) is 4.79 Å². The van der Waals surface area contributed by atoms with Crippen molar-refractivity contribution in [3.63, 3.8) is 0 Å². The van der Waals surface area contributed by atoms with Crippen molar-refractivity contribution in [1.29, 1.82) is 0 Å². The molecule has 114 valence electrons. The van der Waals surface area contributed by atoms with Gasteiger partial charge < -0.3 is 9.30 Å². The van der Waals surface area contributed by atoms with E-state index < -0.39 is 0 Å². The van der Waals surface area contributed by atoms with Gasteiger partial charge in [0.15, 0.2) is 11.2 Å². The number of rotatable bonds is 3. The molecule has 7 heteroatoms. The Morgan fingerprint density at radius 1 is 1.13 bits per heavy atom. The third kappa shape index (κ3) is 2.13. The van der Waals surface area contributed by atoms with Crippen molar-refractivity contribution < 1.29 is 4.74 Å². The minimum Gasteiger partial charge on any atom is -0.496 e. The molecular formula is C16H13N5O2. The monoisotopic (exact) mass is 307 g/mol. The van der Waals surface area contributed by atoms with Crippen LogP contribution in [0.3, 0.4) is 0 Å². The molecule has 0 saturated carbocycles. The Hall–Kier alpha value is -3.22. The standard InChI is InChI=1S/C16H13N5O2/c1-23-13-5-3-2-4-11(13)10-20-9-7-12-15(16(20)22)19-18-14-6-8-17-21(12)14/h2-9H,10H2,1H3. The van der Waals surface area contributed by atoms with E-state index in [1.807, 2.05) is 30.3 Å². The SMILES string of the molecule is COc1ccccc1Cn1ccc2c(nnc3ccnn32)c1=O. The van der Waals surface area contributed by atoms with Crippen LogP contribution in [0.25, 0.3) is 16.7 Å². The van der Waals surface area contributed by atoms with Gasteiger partial charge in [-0.05, 0) is 12.1 Å². The number of pyridine rings is 1. The van der Waals surface area contributed by atoms with Crippen molar-refractivity contribution >= 4 is 16.7 Å². The van der Waals surface area contributed by atoms with Crippen LogP contribution in [-0.4, -0.2) is 31.5 Å². The molecule has 0 aliphatic carbocycles. The fraction of sp³-hybridized carbons (Fsp3) is 0.125. The summed E-state index contributed by atoms with van der Waals surface area (Å²) < 4.78 is 8.53. The lowest BCUT2D eigenvalue weighted by Gasteiger charge is -2.10. The highest BCUT2D eigenvalue weighted by Crippen LogP contribution is 2.18. The molecule has 0 spiro atoms. The smallest absolute Gasteiger partial charge is 0.280 e. The zero-order valence-corrected chi connectivity index (χ0v) is 12.4. The van der Waals surface area contributed by atoms with Gasteiger partial charge in [0.2, 0.25) is 0 Å². The number of nitrogens with zero attached hydrogens (tertiary/aromatic N) is 5. The van der Waals surface area contributed by atoms with Crippen LogP contribution in [0.2, 0.25) is 0 Å². The molecule has 0 atom stereocenters. The van der Waals surface area contributed by atoms with Gasteiger partial charge in [0.1, 0.15) is 11.3 Å². The third-order valence-corrected chi connectivity index (χ3v) is 3.76. The van der Waals surface area contributed by atoms with Gasteiger partial charge >= 0.3 is 0 Å². The maximum Gasteiger partial charge on any atom is 0.280 e. The van der Waals surface area contributed by atoms with E-state index in [4.69, 9.17) is 4.74 Å². The summed E-state index contributed by atoms with van der Waals surface area (Å²) in [7, 11) is 1.61. The zero-order chi connectivity index (χ0) is 15.8. The molecule has 0 fully saturated rings. The molecular weight excluding hydrogens is 294 g/mol. The first-order valence-corrected chi connectivity index (χ1v) is 7.09. The molecule has 0 N–H and O–H groups in total. The third-order valence-electron chi connectivity index (χ3n) is 3.76. The lowest BCUT2D eigenvalue weighted by atomic mass is 10.2. The molecule has 23 heavy (non-hydrogen) atoms. The zero-order valence-electron chi connectivity index (χ0n) is 12.4. The second kappa shape index (κ2) is 5.20. The molecule has 3 aromatic heterocycles. The number of para-hydroxylation sites is 1. The van der Waals surface area contributed by atoms with Crippen LogP contribution in [0, 0.1) is 0 Å². The van der Waals surface area contributed by atoms with Gasteiger partial charge in [-0.15, -0.1) is 10.2 Å². The fourth-order valence-electron chi connectivity index (χ4n) is 2.62. The van der Waals surface area contributed by atoms with Crippen molar-refractivity contribution in [2.75, 3.05) is 7.11 Å². The average molecular weight is 307 g/mol. The highest BCUT2D eigenvalue weighted by molar-refractivity contribution is 5.74. The lowest BCUT2D eigenvalue weighted by molar-refractivity contribution is 0.408. The van der Waals surface area contributed by atoms with E-state index in [1.165, 1.54) is 0 Å². The molecule has 0 radical (unpaired) electrons. The Morgan fingerprint density at radius 2 is 2.00 bits per heavy atom. The van der Waals surface area contributed by atoms with Crippen molar-refractivity contribution in [3.8, 4) is 5.75 Å². The average Bonchev–Trinajstić information content (AvgIpc) is 3.06. The second-order valence-electron chi connectivity index (χ2n) is 5.10. The quantitative estimate of drug-likeness (QED) is 0.573. The molecule has 7 nitrogen and oxygen atoms in total. The Kier molecular flexibility index (Phi) is 3.04. The number of hydrogen-bond acceptors (Lipinski definition) is 5. The molecule has 0 aliphatic rings. The van der Waals surface area contributed by atoms with E-state index in [0.717, 1.165) is 11.3 Å². The van der Waals surface area contributed by atoms with Gasteiger partial charge in [-0.25, -0.2) is 4.52 Å². The molecule has 0 aliphatic heterocycles. The number of methoxy groups -OCH3 is 1. The van der Waals surface area contributed by atoms with Crippen LogP contribution in [0.5, 0.6) is 5.75 Å². The normalized spacial score (nSPS) is 11.2. The number of fused-ring (bicyclic) bond motifs is 3. The molecule has 3 heterocycles. The summed E-state index contributed by atoms with van der Waals surface area (Å²) in [5, 5.41) is 12.3. The molecule has 0 saturated heterocycles. The van der Waals surface area contributed by atoms with Crippen molar-refractivity contribution in [2.45, 2.75) is 6.54 Å². The van der Waals surface area contributed by atoms with E-state index in [2.05, 4.69) is 15.3 Å². The molecule has 0 unspecified atom stereocenters. The Bertz CT molecular complexity index is 1070. The first-order valence-electron chi connectivity index (χ1n) is 7.09. The summed E-state index contributed by atoms with van der Waals surface area (Å²) in [5.74, 6) is 0.744. The van der Waals surface area contributed by atoms with Gasteiger partial charge in [-0.3, -0.25) is 4.79 Å². The maximum atomic E-state index is 12.7. The molecule has 4 rings (SSSR count). The van der Waals surface area contributed by atoms with Crippen LogP contribution >= 0.6 is 0 Å². The predicted molar refractivity (Wildman–Crippen MR) is 84.6 cm³/mol. The molecule has 0 bridgehead atoms. The summed E-state index contributed by atoms with van der Waals surface area (Å²) in [6.07, 6.45) is 3.36. The number of benzene rings is 1. The van der Waals surface area contributed by atoms with Gasteiger partial charge in [0.25, 0.3) is 5.56 Å². The van der Waals surface area contributed by atoms with E-state index in [0.29, 0.717) is 23.2 Å². The van der Waals surface area contributed by atoms with Crippen molar-refractivity contribution in [3.05, 3.63) is 64.7 Å². The number of hydrogen-bond donors (Lipinski definition) is 0. The number of aromatic nitrogens is 5. The predicted octanol–water partition coefficient (Wildman–Crippen LogP) is 1.50. The molecule has 1 aromatic carbocycles. The molecule has 0 amide bonds. The van der Waals surface area contributed by atoms with Crippen LogP contribution in [-0.2, 0) is 6.54 Å². The number of ether oxygens (including phenoxy) is 1. The van der Waals surface area contributed by atoms with Crippen molar-refractivity contribution in [1.82, 2.24) is 24.4 Å². The van der Waals surface area contributed by atoms with E-state index in [1.54, 1.807) is 34.7 Å². The highest BCUT2D eigenvalue weighted by atomic mass is 16.5. The lowest BCUT2D eigenvalue weighted by Crippen LogP contribution is -2.22.